The lowest BCUT2D eigenvalue weighted by atomic mass is 9.65. The average molecular weight is 196 g/mol. The van der Waals surface area contributed by atoms with E-state index >= 15 is 0 Å². The molecule has 3 atom stereocenters. The lowest BCUT2D eigenvalue weighted by Gasteiger charge is -2.44. The first-order valence-corrected chi connectivity index (χ1v) is 6.44. The van der Waals surface area contributed by atoms with Crippen LogP contribution in [-0.4, -0.2) is 10.7 Å². The topological polar surface area (TPSA) is 20.2 Å². The molecule has 2 fully saturated rings. The molecule has 82 valence electrons. The average Bonchev–Trinajstić information content (AvgIpc) is 2.14. The van der Waals surface area contributed by atoms with Crippen molar-refractivity contribution < 1.29 is 5.11 Å². The van der Waals surface area contributed by atoms with Crippen molar-refractivity contribution in [2.45, 2.75) is 70.3 Å². The normalized spacial score (nSPS) is 42.4. The minimum atomic E-state index is -0.274. The third-order valence-corrected chi connectivity index (χ3v) is 4.22. The van der Waals surface area contributed by atoms with E-state index in [2.05, 4.69) is 6.92 Å². The number of hydrogen-bond acceptors (Lipinski definition) is 1. The Hall–Kier alpha value is -0.0400. The van der Waals surface area contributed by atoms with Gasteiger partial charge in [0.05, 0.1) is 5.60 Å². The van der Waals surface area contributed by atoms with Gasteiger partial charge in [-0.1, -0.05) is 39.0 Å². The van der Waals surface area contributed by atoms with Crippen molar-refractivity contribution in [2.75, 3.05) is 0 Å². The predicted molar refractivity (Wildman–Crippen MR) is 59.2 cm³/mol. The Bertz CT molecular complexity index is 176. The Labute approximate surface area is 87.9 Å². The van der Waals surface area contributed by atoms with Gasteiger partial charge in [-0.2, -0.15) is 0 Å². The number of fused-ring (bicyclic) bond motifs is 2. The standard InChI is InChI=1S/C13H24O/c1-2-3-7-13(14)9-11-5-4-6-12(8-11)10-13/h11-12,14H,2-10H2,1H3/t11-,12+,13?. The second-order valence-electron chi connectivity index (χ2n) is 5.63. The molecule has 2 saturated carbocycles. The molecular formula is C13H24O. The number of unbranched alkanes of at least 4 members (excludes halogenated alkanes) is 1. The molecule has 14 heavy (non-hydrogen) atoms. The van der Waals surface area contributed by atoms with Crippen molar-refractivity contribution in [1.82, 2.24) is 0 Å². The molecule has 0 radical (unpaired) electrons. The van der Waals surface area contributed by atoms with Crippen LogP contribution in [0.5, 0.6) is 0 Å². The SMILES string of the molecule is CCCCC1(O)C[C@@H]2CCC[C@@H](C2)C1. The van der Waals surface area contributed by atoms with Gasteiger partial charge >= 0.3 is 0 Å². The molecule has 0 heterocycles. The minimum absolute atomic E-state index is 0.274. The van der Waals surface area contributed by atoms with Crippen LogP contribution in [-0.2, 0) is 0 Å². The summed E-state index contributed by atoms with van der Waals surface area (Å²) in [6.45, 7) is 2.22. The van der Waals surface area contributed by atoms with E-state index in [0.29, 0.717) is 0 Å². The summed E-state index contributed by atoms with van der Waals surface area (Å²) in [5, 5.41) is 10.5. The lowest BCUT2D eigenvalue weighted by molar-refractivity contribution is -0.0584. The summed E-state index contributed by atoms with van der Waals surface area (Å²) in [7, 11) is 0. The van der Waals surface area contributed by atoms with Crippen LogP contribution in [0.15, 0.2) is 0 Å². The molecule has 0 aromatic carbocycles. The monoisotopic (exact) mass is 196 g/mol. The van der Waals surface area contributed by atoms with Crippen LogP contribution in [0.3, 0.4) is 0 Å². The second kappa shape index (κ2) is 4.22. The van der Waals surface area contributed by atoms with E-state index in [-0.39, 0.29) is 5.60 Å². The predicted octanol–water partition coefficient (Wildman–Crippen LogP) is 3.51. The molecule has 2 bridgehead atoms. The maximum atomic E-state index is 10.5. The van der Waals surface area contributed by atoms with Crippen LogP contribution < -0.4 is 0 Å². The van der Waals surface area contributed by atoms with E-state index in [9.17, 15) is 5.11 Å². The Balaban J connectivity index is 1.93. The summed E-state index contributed by atoms with van der Waals surface area (Å²) in [6, 6.07) is 0. The van der Waals surface area contributed by atoms with Crippen molar-refractivity contribution in [3.05, 3.63) is 0 Å². The van der Waals surface area contributed by atoms with Crippen LogP contribution in [0, 0.1) is 11.8 Å². The van der Waals surface area contributed by atoms with Gasteiger partial charge in [0, 0.05) is 0 Å². The second-order valence-corrected chi connectivity index (χ2v) is 5.63. The zero-order valence-corrected chi connectivity index (χ0v) is 9.47. The van der Waals surface area contributed by atoms with Gasteiger partial charge in [-0.25, -0.2) is 0 Å². The molecule has 0 spiro atoms. The van der Waals surface area contributed by atoms with E-state index in [0.717, 1.165) is 31.1 Å². The minimum Gasteiger partial charge on any atom is -0.390 e. The highest BCUT2D eigenvalue weighted by Crippen LogP contribution is 2.46. The third kappa shape index (κ3) is 2.31. The maximum Gasteiger partial charge on any atom is 0.0653 e. The van der Waals surface area contributed by atoms with Gasteiger partial charge in [0.25, 0.3) is 0 Å². The smallest absolute Gasteiger partial charge is 0.0653 e. The summed E-state index contributed by atoms with van der Waals surface area (Å²) >= 11 is 0. The number of hydrogen-bond donors (Lipinski definition) is 1. The fourth-order valence-electron chi connectivity index (χ4n) is 3.64. The Morgan fingerprint density at radius 2 is 1.86 bits per heavy atom. The molecule has 0 aromatic rings. The molecule has 1 nitrogen and oxygen atoms in total. The summed E-state index contributed by atoms with van der Waals surface area (Å²) in [5.41, 5.74) is -0.274. The zero-order chi connectivity index (χ0) is 10.0. The molecule has 1 heteroatoms. The molecule has 1 N–H and O–H groups in total. The van der Waals surface area contributed by atoms with Gasteiger partial charge in [-0.15, -0.1) is 0 Å². The summed E-state index contributed by atoms with van der Waals surface area (Å²) in [4.78, 5) is 0. The molecular weight excluding hydrogens is 172 g/mol. The molecule has 2 rings (SSSR count). The first-order valence-electron chi connectivity index (χ1n) is 6.44. The van der Waals surface area contributed by atoms with E-state index < -0.39 is 0 Å². The van der Waals surface area contributed by atoms with Crippen LogP contribution in [0.4, 0.5) is 0 Å². The van der Waals surface area contributed by atoms with Crippen LogP contribution >= 0.6 is 0 Å². The summed E-state index contributed by atoms with van der Waals surface area (Å²) < 4.78 is 0. The molecule has 0 saturated heterocycles. The van der Waals surface area contributed by atoms with Crippen molar-refractivity contribution in [3.8, 4) is 0 Å². The Morgan fingerprint density at radius 3 is 2.43 bits per heavy atom. The molecule has 0 aromatic heterocycles. The van der Waals surface area contributed by atoms with E-state index in [1.165, 1.54) is 38.5 Å². The molecule has 0 amide bonds. The lowest BCUT2D eigenvalue weighted by Crippen LogP contribution is -2.41. The van der Waals surface area contributed by atoms with Crippen molar-refractivity contribution >= 4 is 0 Å². The Morgan fingerprint density at radius 1 is 1.21 bits per heavy atom. The molecule has 0 aliphatic heterocycles. The van der Waals surface area contributed by atoms with E-state index in [1.807, 2.05) is 0 Å². The first kappa shape index (κ1) is 10.5. The van der Waals surface area contributed by atoms with E-state index in [4.69, 9.17) is 0 Å². The molecule has 2 aliphatic rings. The highest BCUT2D eigenvalue weighted by Gasteiger charge is 2.39. The van der Waals surface area contributed by atoms with Crippen LogP contribution in [0.25, 0.3) is 0 Å². The zero-order valence-electron chi connectivity index (χ0n) is 9.47. The van der Waals surface area contributed by atoms with Crippen LogP contribution in [0.1, 0.15) is 64.7 Å². The van der Waals surface area contributed by atoms with Gasteiger partial charge in [-0.3, -0.25) is 0 Å². The van der Waals surface area contributed by atoms with Crippen LogP contribution in [0.2, 0.25) is 0 Å². The molecule has 2 aliphatic carbocycles. The quantitative estimate of drug-likeness (QED) is 0.732. The van der Waals surface area contributed by atoms with Gasteiger partial charge in [0.1, 0.15) is 0 Å². The van der Waals surface area contributed by atoms with Gasteiger partial charge in [-0.05, 0) is 37.5 Å². The van der Waals surface area contributed by atoms with Gasteiger partial charge in [0.15, 0.2) is 0 Å². The number of rotatable bonds is 3. The fourth-order valence-corrected chi connectivity index (χ4v) is 3.64. The van der Waals surface area contributed by atoms with Crippen molar-refractivity contribution in [2.24, 2.45) is 11.8 Å². The van der Waals surface area contributed by atoms with Gasteiger partial charge in [0.2, 0.25) is 0 Å². The third-order valence-electron chi connectivity index (χ3n) is 4.22. The Kier molecular flexibility index (Phi) is 3.16. The fraction of sp³-hybridized carbons (Fsp3) is 1.00. The summed E-state index contributed by atoms with van der Waals surface area (Å²) in [6.07, 6.45) is 11.3. The van der Waals surface area contributed by atoms with E-state index in [1.54, 1.807) is 0 Å². The van der Waals surface area contributed by atoms with Crippen molar-refractivity contribution in [3.63, 3.8) is 0 Å². The number of aliphatic hydroxyl groups is 1. The maximum absolute atomic E-state index is 10.5. The summed E-state index contributed by atoms with van der Waals surface area (Å²) in [5.74, 6) is 1.70. The largest absolute Gasteiger partial charge is 0.390 e. The molecule has 1 unspecified atom stereocenters. The first-order chi connectivity index (χ1) is 6.72. The van der Waals surface area contributed by atoms with Gasteiger partial charge < -0.3 is 5.11 Å². The highest BCUT2D eigenvalue weighted by atomic mass is 16.3. The highest BCUT2D eigenvalue weighted by molar-refractivity contribution is 4.92. The van der Waals surface area contributed by atoms with Crippen molar-refractivity contribution in [1.29, 1.82) is 0 Å².